The van der Waals surface area contributed by atoms with Crippen LogP contribution in [0.3, 0.4) is 0 Å². The number of nitrogen functional groups attached to an aromatic ring is 1. The third-order valence-corrected chi connectivity index (χ3v) is 2.44. The number of nitrogens with one attached hydrogen (secondary N) is 3. The van der Waals surface area contributed by atoms with Gasteiger partial charge in [0, 0.05) is 24.9 Å². The van der Waals surface area contributed by atoms with E-state index in [0.29, 0.717) is 24.3 Å². The molecule has 0 radical (unpaired) electrons. The van der Waals surface area contributed by atoms with E-state index in [2.05, 4.69) is 25.5 Å². The van der Waals surface area contributed by atoms with E-state index < -0.39 is 0 Å². The second-order valence-corrected chi connectivity index (χ2v) is 3.69. The summed E-state index contributed by atoms with van der Waals surface area (Å²) in [5.74, 6) is -0.272. The van der Waals surface area contributed by atoms with Crippen LogP contribution < -0.4 is 11.1 Å². The third-order valence-electron chi connectivity index (χ3n) is 2.44. The summed E-state index contributed by atoms with van der Waals surface area (Å²) in [6, 6.07) is 0. The number of nitrogens with two attached hydrogens (primary N) is 1. The second-order valence-electron chi connectivity index (χ2n) is 3.69. The molecule has 1 amide bonds. The number of hydrogen-bond acceptors (Lipinski definition) is 4. The zero-order chi connectivity index (χ0) is 12.3. The number of H-pyrrole nitrogens is 2. The first-order valence-corrected chi connectivity index (χ1v) is 5.24. The van der Waals surface area contributed by atoms with E-state index in [1.807, 2.05) is 0 Å². The molecule has 2 aromatic heterocycles. The maximum atomic E-state index is 11.7. The van der Waals surface area contributed by atoms with Crippen LogP contribution in [-0.4, -0.2) is 32.6 Å². The highest BCUT2D eigenvalue weighted by Crippen LogP contribution is 2.11. The van der Waals surface area contributed by atoms with Crippen molar-refractivity contribution in [1.29, 1.82) is 0 Å². The smallest absolute Gasteiger partial charge is 0.273 e. The lowest BCUT2D eigenvalue weighted by molar-refractivity contribution is 0.0950. The number of rotatable bonds is 4. The highest BCUT2D eigenvalue weighted by atomic mass is 16.1. The molecule has 0 aliphatic rings. The Labute approximate surface area is 97.8 Å². The molecule has 5 N–H and O–H groups in total. The predicted molar refractivity (Wildman–Crippen MR) is 62.4 cm³/mol. The van der Waals surface area contributed by atoms with Crippen molar-refractivity contribution in [2.75, 3.05) is 12.3 Å². The number of hydrogen-bond donors (Lipinski definition) is 4. The molecule has 7 nitrogen and oxygen atoms in total. The first-order chi connectivity index (χ1) is 8.18. The van der Waals surface area contributed by atoms with Gasteiger partial charge >= 0.3 is 0 Å². The summed E-state index contributed by atoms with van der Waals surface area (Å²) in [6.45, 7) is 2.27. The van der Waals surface area contributed by atoms with Crippen LogP contribution in [0.4, 0.5) is 5.69 Å². The van der Waals surface area contributed by atoms with Gasteiger partial charge in [0.25, 0.3) is 5.91 Å². The molecule has 0 saturated heterocycles. The molecule has 0 saturated carbocycles. The Hall–Kier alpha value is -2.31. The van der Waals surface area contributed by atoms with Crippen LogP contribution in [-0.2, 0) is 6.42 Å². The zero-order valence-corrected chi connectivity index (χ0v) is 9.45. The molecule has 2 rings (SSSR count). The van der Waals surface area contributed by atoms with Crippen LogP contribution in [0.5, 0.6) is 0 Å². The van der Waals surface area contributed by atoms with Gasteiger partial charge in [-0.2, -0.15) is 5.10 Å². The van der Waals surface area contributed by atoms with Gasteiger partial charge in [0.1, 0.15) is 0 Å². The molecule has 0 aromatic carbocycles. The van der Waals surface area contributed by atoms with Gasteiger partial charge in [-0.05, 0) is 6.92 Å². The molecule has 0 atom stereocenters. The summed E-state index contributed by atoms with van der Waals surface area (Å²) in [4.78, 5) is 18.6. The highest BCUT2D eigenvalue weighted by Gasteiger charge is 2.14. The Kier molecular flexibility index (Phi) is 3.08. The van der Waals surface area contributed by atoms with Gasteiger partial charge in [-0.25, -0.2) is 4.98 Å². The Morgan fingerprint density at radius 1 is 1.59 bits per heavy atom. The molecular weight excluding hydrogens is 220 g/mol. The average Bonchev–Trinajstić information content (AvgIpc) is 2.91. The van der Waals surface area contributed by atoms with Crippen LogP contribution in [0, 0.1) is 6.92 Å². The number of anilines is 1. The summed E-state index contributed by atoms with van der Waals surface area (Å²) in [5, 5.41) is 9.26. The number of imidazole rings is 1. The molecule has 90 valence electrons. The fourth-order valence-electron chi connectivity index (χ4n) is 1.43. The van der Waals surface area contributed by atoms with Crippen molar-refractivity contribution in [3.63, 3.8) is 0 Å². The Morgan fingerprint density at radius 3 is 3.00 bits per heavy atom. The van der Waals surface area contributed by atoms with E-state index in [1.54, 1.807) is 19.4 Å². The van der Waals surface area contributed by atoms with Crippen LogP contribution >= 0.6 is 0 Å². The van der Waals surface area contributed by atoms with Crippen molar-refractivity contribution in [3.8, 4) is 0 Å². The Balaban J connectivity index is 1.87. The normalized spacial score (nSPS) is 10.4. The first-order valence-electron chi connectivity index (χ1n) is 5.24. The fourth-order valence-corrected chi connectivity index (χ4v) is 1.43. The Bertz CT molecular complexity index is 501. The SMILES string of the molecule is Cc1[nH]nc(C(=O)NCCc2cnc[nH]2)c1N. The maximum Gasteiger partial charge on any atom is 0.273 e. The first kappa shape index (κ1) is 11.2. The summed E-state index contributed by atoms with van der Waals surface area (Å²) in [5.41, 5.74) is 8.00. The largest absolute Gasteiger partial charge is 0.395 e. The van der Waals surface area contributed by atoms with Gasteiger partial charge in [0.2, 0.25) is 0 Å². The van der Waals surface area contributed by atoms with Crippen molar-refractivity contribution in [3.05, 3.63) is 29.6 Å². The Morgan fingerprint density at radius 2 is 2.41 bits per heavy atom. The molecule has 17 heavy (non-hydrogen) atoms. The van der Waals surface area contributed by atoms with E-state index in [4.69, 9.17) is 5.73 Å². The summed E-state index contributed by atoms with van der Waals surface area (Å²) in [7, 11) is 0. The third kappa shape index (κ3) is 2.44. The lowest BCUT2D eigenvalue weighted by atomic mass is 10.3. The number of carbonyl (C=O) groups excluding carboxylic acids is 1. The van der Waals surface area contributed by atoms with Gasteiger partial charge in [-0.3, -0.25) is 9.89 Å². The molecule has 0 aliphatic carbocycles. The second kappa shape index (κ2) is 4.69. The van der Waals surface area contributed by atoms with Crippen molar-refractivity contribution >= 4 is 11.6 Å². The van der Waals surface area contributed by atoms with E-state index >= 15 is 0 Å². The zero-order valence-electron chi connectivity index (χ0n) is 9.45. The molecular formula is C10H14N6O. The average molecular weight is 234 g/mol. The predicted octanol–water partition coefficient (Wildman–Crippen LogP) is -0.00408. The minimum atomic E-state index is -0.272. The number of nitrogens with zero attached hydrogens (tertiary/aromatic N) is 2. The van der Waals surface area contributed by atoms with Crippen LogP contribution in [0.25, 0.3) is 0 Å². The van der Waals surface area contributed by atoms with Gasteiger partial charge in [-0.1, -0.05) is 0 Å². The molecule has 0 unspecified atom stereocenters. The molecule has 0 bridgehead atoms. The quantitative estimate of drug-likeness (QED) is 0.596. The summed E-state index contributed by atoms with van der Waals surface area (Å²) < 4.78 is 0. The van der Waals surface area contributed by atoms with E-state index in [-0.39, 0.29) is 11.6 Å². The number of aryl methyl sites for hydroxylation is 1. The molecule has 2 aromatic rings. The topological polar surface area (TPSA) is 112 Å². The number of aromatic nitrogens is 4. The van der Waals surface area contributed by atoms with Crippen molar-refractivity contribution in [1.82, 2.24) is 25.5 Å². The van der Waals surface area contributed by atoms with Gasteiger partial charge in [0.05, 0.1) is 17.7 Å². The lowest BCUT2D eigenvalue weighted by Crippen LogP contribution is -2.26. The minimum absolute atomic E-state index is 0.243. The number of amides is 1. The fraction of sp³-hybridized carbons (Fsp3) is 0.300. The summed E-state index contributed by atoms with van der Waals surface area (Å²) >= 11 is 0. The van der Waals surface area contributed by atoms with Crippen LogP contribution in [0.1, 0.15) is 21.9 Å². The van der Waals surface area contributed by atoms with Gasteiger partial charge < -0.3 is 16.0 Å². The molecule has 0 fully saturated rings. The monoisotopic (exact) mass is 234 g/mol. The van der Waals surface area contributed by atoms with Crippen LogP contribution in [0.2, 0.25) is 0 Å². The molecule has 7 heteroatoms. The summed E-state index contributed by atoms with van der Waals surface area (Å²) in [6.07, 6.45) is 4.01. The van der Waals surface area contributed by atoms with Crippen molar-refractivity contribution in [2.24, 2.45) is 0 Å². The highest BCUT2D eigenvalue weighted by molar-refractivity contribution is 5.97. The molecule has 2 heterocycles. The van der Waals surface area contributed by atoms with Crippen molar-refractivity contribution < 1.29 is 4.79 Å². The van der Waals surface area contributed by atoms with E-state index in [1.165, 1.54) is 0 Å². The van der Waals surface area contributed by atoms with E-state index in [9.17, 15) is 4.79 Å². The van der Waals surface area contributed by atoms with Crippen molar-refractivity contribution in [2.45, 2.75) is 13.3 Å². The van der Waals surface area contributed by atoms with Crippen LogP contribution in [0.15, 0.2) is 12.5 Å². The molecule has 0 aliphatic heterocycles. The number of carbonyl (C=O) groups is 1. The van der Waals surface area contributed by atoms with E-state index in [0.717, 1.165) is 5.69 Å². The minimum Gasteiger partial charge on any atom is -0.395 e. The standard InChI is InChI=1S/C10H14N6O/c1-6-8(11)9(16-15-6)10(17)13-3-2-7-4-12-5-14-7/h4-5H,2-3,11H2,1H3,(H,12,14)(H,13,17)(H,15,16). The maximum absolute atomic E-state index is 11.7. The molecule has 0 spiro atoms. The lowest BCUT2D eigenvalue weighted by Gasteiger charge is -2.02. The number of aromatic amines is 2. The van der Waals surface area contributed by atoms with Gasteiger partial charge in [0.15, 0.2) is 5.69 Å². The van der Waals surface area contributed by atoms with Gasteiger partial charge in [-0.15, -0.1) is 0 Å².